The molecular formula is C19H20N4O2. The summed E-state index contributed by atoms with van der Waals surface area (Å²) >= 11 is 0. The predicted molar refractivity (Wildman–Crippen MR) is 94.0 cm³/mol. The zero-order valence-corrected chi connectivity index (χ0v) is 13.9. The molecule has 3 heterocycles. The molecule has 4 rings (SSSR count). The second-order valence-electron chi connectivity index (χ2n) is 6.32. The third-order valence-corrected chi connectivity index (χ3v) is 4.54. The van der Waals surface area contributed by atoms with Crippen LogP contribution in [0, 0.1) is 0 Å². The van der Waals surface area contributed by atoms with Crippen LogP contribution in [0.25, 0.3) is 10.9 Å². The molecule has 1 fully saturated rings. The van der Waals surface area contributed by atoms with Crippen LogP contribution in [-0.4, -0.2) is 45.2 Å². The normalized spacial score (nSPS) is 17.0. The van der Waals surface area contributed by atoms with Crippen LogP contribution in [0.4, 0.5) is 0 Å². The molecule has 6 heteroatoms. The van der Waals surface area contributed by atoms with Crippen LogP contribution in [0.5, 0.6) is 0 Å². The number of para-hydroxylation sites is 1. The average Bonchev–Trinajstić information content (AvgIpc) is 3.32. The van der Waals surface area contributed by atoms with E-state index < -0.39 is 0 Å². The number of H-pyrrole nitrogens is 1. The molecule has 0 bridgehead atoms. The van der Waals surface area contributed by atoms with Crippen molar-refractivity contribution >= 4 is 16.8 Å². The Morgan fingerprint density at radius 2 is 2.24 bits per heavy atom. The fraction of sp³-hybridized carbons (Fsp3) is 0.316. The van der Waals surface area contributed by atoms with Crippen molar-refractivity contribution in [1.29, 1.82) is 0 Å². The third kappa shape index (κ3) is 3.39. The van der Waals surface area contributed by atoms with E-state index in [-0.39, 0.29) is 12.0 Å². The molecule has 6 nitrogen and oxygen atoms in total. The number of nitrogens with zero attached hydrogens (tertiary/aromatic N) is 3. The molecule has 1 atom stereocenters. The topological polar surface area (TPSA) is 71.1 Å². The van der Waals surface area contributed by atoms with E-state index in [9.17, 15) is 4.79 Å². The van der Waals surface area contributed by atoms with Crippen LogP contribution in [-0.2, 0) is 11.3 Å². The predicted octanol–water partition coefficient (Wildman–Crippen LogP) is 2.78. The number of hydrogen-bond donors (Lipinski definition) is 1. The maximum Gasteiger partial charge on any atom is 0.256 e. The monoisotopic (exact) mass is 336 g/mol. The molecule has 1 aliphatic heterocycles. The first-order valence-electron chi connectivity index (χ1n) is 8.53. The maximum absolute atomic E-state index is 13.3. The van der Waals surface area contributed by atoms with Gasteiger partial charge in [0.05, 0.1) is 23.4 Å². The lowest BCUT2D eigenvalue weighted by atomic mass is 10.1. The fourth-order valence-corrected chi connectivity index (χ4v) is 3.28. The number of hydrogen-bond acceptors (Lipinski definition) is 4. The molecule has 25 heavy (non-hydrogen) atoms. The summed E-state index contributed by atoms with van der Waals surface area (Å²) < 4.78 is 5.75. The number of benzene rings is 1. The van der Waals surface area contributed by atoms with Gasteiger partial charge in [-0.1, -0.05) is 18.2 Å². The molecule has 1 N–H and O–H groups in total. The molecular weight excluding hydrogens is 316 g/mol. The minimum Gasteiger partial charge on any atom is -0.376 e. The van der Waals surface area contributed by atoms with E-state index in [1.807, 2.05) is 35.2 Å². The maximum atomic E-state index is 13.3. The lowest BCUT2D eigenvalue weighted by Gasteiger charge is -2.26. The van der Waals surface area contributed by atoms with Gasteiger partial charge in [-0.2, -0.15) is 5.10 Å². The minimum atomic E-state index is -0.0193. The lowest BCUT2D eigenvalue weighted by Crippen LogP contribution is -2.37. The van der Waals surface area contributed by atoms with Crippen molar-refractivity contribution in [3.8, 4) is 0 Å². The van der Waals surface area contributed by atoms with Crippen molar-refractivity contribution in [1.82, 2.24) is 20.1 Å². The Kier molecular flexibility index (Phi) is 4.43. The van der Waals surface area contributed by atoms with E-state index in [1.54, 1.807) is 18.6 Å². The van der Waals surface area contributed by atoms with Gasteiger partial charge < -0.3 is 9.64 Å². The smallest absolute Gasteiger partial charge is 0.256 e. The number of carbonyl (C=O) groups is 1. The highest BCUT2D eigenvalue weighted by Gasteiger charge is 2.25. The largest absolute Gasteiger partial charge is 0.376 e. The number of fused-ring (bicyclic) bond motifs is 1. The fourth-order valence-electron chi connectivity index (χ4n) is 3.28. The van der Waals surface area contributed by atoms with Gasteiger partial charge in [0.2, 0.25) is 0 Å². The van der Waals surface area contributed by atoms with Gasteiger partial charge in [0, 0.05) is 37.5 Å². The summed E-state index contributed by atoms with van der Waals surface area (Å²) in [5.74, 6) is -0.0193. The summed E-state index contributed by atoms with van der Waals surface area (Å²) in [4.78, 5) is 19.3. The molecule has 2 aromatic heterocycles. The molecule has 1 aliphatic rings. The van der Waals surface area contributed by atoms with E-state index in [0.717, 1.165) is 35.9 Å². The van der Waals surface area contributed by atoms with Gasteiger partial charge in [0.25, 0.3) is 5.91 Å². The molecule has 3 aromatic rings. The van der Waals surface area contributed by atoms with Gasteiger partial charge in [-0.25, -0.2) is 0 Å². The standard InChI is InChI=1S/C19H20N4O2/c24-19(17-7-1-5-15-11-21-22-18(15)17)23(13-16-6-3-9-25-16)12-14-4-2-8-20-10-14/h1-2,4-5,7-8,10-11,16H,3,6,9,12-13H2,(H,21,22). The second-order valence-corrected chi connectivity index (χ2v) is 6.32. The first kappa shape index (κ1) is 15.8. The molecule has 1 aromatic carbocycles. The molecule has 128 valence electrons. The van der Waals surface area contributed by atoms with Crippen LogP contribution in [0.2, 0.25) is 0 Å². The van der Waals surface area contributed by atoms with Gasteiger partial charge in [-0.15, -0.1) is 0 Å². The summed E-state index contributed by atoms with van der Waals surface area (Å²) in [6.07, 6.45) is 7.41. The zero-order chi connectivity index (χ0) is 17.1. The summed E-state index contributed by atoms with van der Waals surface area (Å²) in [6.45, 7) is 1.87. The molecule has 0 saturated carbocycles. The first-order chi connectivity index (χ1) is 12.3. The number of nitrogens with one attached hydrogen (secondary N) is 1. The Morgan fingerprint density at radius 3 is 3.04 bits per heavy atom. The minimum absolute atomic E-state index is 0.0193. The summed E-state index contributed by atoms with van der Waals surface area (Å²) in [6, 6.07) is 9.55. The Morgan fingerprint density at radius 1 is 1.28 bits per heavy atom. The van der Waals surface area contributed by atoms with Crippen molar-refractivity contribution in [3.05, 3.63) is 60.0 Å². The average molecular weight is 336 g/mol. The van der Waals surface area contributed by atoms with Gasteiger partial charge in [-0.05, 0) is 30.5 Å². The molecule has 0 spiro atoms. The number of amides is 1. The summed E-state index contributed by atoms with van der Waals surface area (Å²) in [5.41, 5.74) is 2.42. The quantitative estimate of drug-likeness (QED) is 0.778. The van der Waals surface area contributed by atoms with Crippen molar-refractivity contribution in [2.24, 2.45) is 0 Å². The van der Waals surface area contributed by atoms with Crippen LogP contribution in [0.3, 0.4) is 0 Å². The van der Waals surface area contributed by atoms with Crippen LogP contribution in [0.15, 0.2) is 48.9 Å². The van der Waals surface area contributed by atoms with E-state index >= 15 is 0 Å². The lowest BCUT2D eigenvalue weighted by molar-refractivity contribution is 0.0508. The van der Waals surface area contributed by atoms with E-state index in [2.05, 4.69) is 15.2 Å². The van der Waals surface area contributed by atoms with Crippen LogP contribution < -0.4 is 0 Å². The van der Waals surface area contributed by atoms with Gasteiger partial charge in [0.1, 0.15) is 0 Å². The SMILES string of the molecule is O=C(c1cccc2cn[nH]c12)N(Cc1cccnc1)CC1CCCO1. The Hall–Kier alpha value is -2.73. The van der Waals surface area contributed by atoms with Crippen molar-refractivity contribution in [3.63, 3.8) is 0 Å². The molecule has 0 aliphatic carbocycles. The van der Waals surface area contributed by atoms with E-state index in [1.165, 1.54) is 0 Å². The number of aromatic amines is 1. The second kappa shape index (κ2) is 7.03. The molecule has 1 unspecified atom stereocenters. The van der Waals surface area contributed by atoms with Crippen molar-refractivity contribution in [2.75, 3.05) is 13.2 Å². The number of rotatable bonds is 5. The highest BCUT2D eigenvalue weighted by molar-refractivity contribution is 6.05. The zero-order valence-electron chi connectivity index (χ0n) is 13.9. The van der Waals surface area contributed by atoms with Crippen LogP contribution in [0.1, 0.15) is 28.8 Å². The van der Waals surface area contributed by atoms with Crippen molar-refractivity contribution < 1.29 is 9.53 Å². The Balaban J connectivity index is 1.63. The third-order valence-electron chi connectivity index (χ3n) is 4.54. The van der Waals surface area contributed by atoms with E-state index in [4.69, 9.17) is 4.74 Å². The van der Waals surface area contributed by atoms with Crippen molar-refractivity contribution in [2.45, 2.75) is 25.5 Å². The number of aromatic nitrogens is 3. The number of ether oxygens (including phenoxy) is 1. The number of pyridine rings is 1. The molecule has 1 saturated heterocycles. The summed E-state index contributed by atoms with van der Waals surface area (Å²) in [5, 5.41) is 7.94. The Bertz CT molecular complexity index is 856. The Labute approximate surface area is 145 Å². The van der Waals surface area contributed by atoms with Crippen LogP contribution >= 0.6 is 0 Å². The van der Waals surface area contributed by atoms with E-state index in [0.29, 0.717) is 18.7 Å². The number of carbonyl (C=O) groups excluding carboxylic acids is 1. The van der Waals surface area contributed by atoms with Gasteiger partial charge in [-0.3, -0.25) is 14.9 Å². The summed E-state index contributed by atoms with van der Waals surface area (Å²) in [7, 11) is 0. The highest BCUT2D eigenvalue weighted by atomic mass is 16.5. The first-order valence-corrected chi connectivity index (χ1v) is 8.53. The van der Waals surface area contributed by atoms with Gasteiger partial charge >= 0.3 is 0 Å². The molecule has 1 amide bonds. The molecule has 0 radical (unpaired) electrons. The highest BCUT2D eigenvalue weighted by Crippen LogP contribution is 2.21. The van der Waals surface area contributed by atoms with Gasteiger partial charge in [0.15, 0.2) is 0 Å².